The number of nitrogens with one attached hydrogen (secondary N) is 1. The molecule has 0 aliphatic carbocycles. The molecule has 1 aromatic heterocycles. The minimum absolute atomic E-state index is 0.0215. The van der Waals surface area contributed by atoms with Crippen molar-refractivity contribution in [1.82, 2.24) is 10.2 Å². The summed E-state index contributed by atoms with van der Waals surface area (Å²) in [6.45, 7) is 8.93. The Hall–Kier alpha value is -3.70. The number of benzene rings is 2. The van der Waals surface area contributed by atoms with Gasteiger partial charge in [0.05, 0.1) is 0 Å². The lowest BCUT2D eigenvalue weighted by molar-refractivity contribution is -0.112. The Labute approximate surface area is 197 Å². The number of hydrogen-bond acceptors (Lipinski definition) is 7. The van der Waals surface area contributed by atoms with Crippen molar-refractivity contribution in [1.29, 1.82) is 5.26 Å². The number of amides is 1. The Morgan fingerprint density at radius 2 is 1.73 bits per heavy atom. The number of aromatic nitrogens is 2. The van der Waals surface area contributed by atoms with E-state index in [4.69, 9.17) is 9.47 Å². The fourth-order valence-electron chi connectivity index (χ4n) is 2.78. The molecular weight excluding hydrogens is 436 g/mol. The molecule has 170 valence electrons. The van der Waals surface area contributed by atoms with Crippen LogP contribution in [0.15, 0.2) is 48.0 Å². The van der Waals surface area contributed by atoms with Gasteiger partial charge in [-0.1, -0.05) is 43.4 Å². The Balaban J connectivity index is 1.52. The van der Waals surface area contributed by atoms with E-state index in [1.807, 2.05) is 38.1 Å². The summed E-state index contributed by atoms with van der Waals surface area (Å²) < 4.78 is 11.4. The van der Waals surface area contributed by atoms with E-state index in [0.717, 1.165) is 10.8 Å². The molecule has 3 rings (SSSR count). The van der Waals surface area contributed by atoms with Gasteiger partial charge in [0.2, 0.25) is 5.13 Å². The van der Waals surface area contributed by atoms with Gasteiger partial charge in [0.25, 0.3) is 5.91 Å². The molecule has 0 saturated heterocycles. The molecule has 7 nitrogen and oxygen atoms in total. The molecule has 0 fully saturated rings. The van der Waals surface area contributed by atoms with Crippen LogP contribution in [0.3, 0.4) is 0 Å². The van der Waals surface area contributed by atoms with E-state index in [9.17, 15) is 10.1 Å². The summed E-state index contributed by atoms with van der Waals surface area (Å²) in [5.74, 6) is 1.19. The van der Waals surface area contributed by atoms with Gasteiger partial charge >= 0.3 is 0 Å². The first-order chi connectivity index (χ1) is 15.9. The first kappa shape index (κ1) is 24.0. The zero-order chi connectivity index (χ0) is 23.8. The van der Waals surface area contributed by atoms with Crippen LogP contribution < -0.4 is 14.8 Å². The van der Waals surface area contributed by atoms with Gasteiger partial charge in [0, 0.05) is 5.92 Å². The average Bonchev–Trinajstić information content (AvgIpc) is 3.27. The highest BCUT2D eigenvalue weighted by Gasteiger charge is 2.14. The summed E-state index contributed by atoms with van der Waals surface area (Å²) in [7, 11) is 0. The van der Waals surface area contributed by atoms with Crippen molar-refractivity contribution in [2.75, 3.05) is 18.5 Å². The molecule has 0 radical (unpaired) electrons. The molecule has 0 unspecified atom stereocenters. The maximum Gasteiger partial charge on any atom is 0.268 e. The average molecular weight is 463 g/mol. The monoisotopic (exact) mass is 462 g/mol. The van der Waals surface area contributed by atoms with Crippen molar-refractivity contribution in [2.45, 2.75) is 33.6 Å². The van der Waals surface area contributed by atoms with Crippen molar-refractivity contribution in [3.05, 3.63) is 69.7 Å². The Bertz CT molecular complexity index is 1180. The van der Waals surface area contributed by atoms with Crippen LogP contribution in [0.1, 0.15) is 41.5 Å². The highest BCUT2D eigenvalue weighted by molar-refractivity contribution is 7.15. The van der Waals surface area contributed by atoms with Crippen LogP contribution in [-0.2, 0) is 4.79 Å². The van der Waals surface area contributed by atoms with Crippen molar-refractivity contribution < 1.29 is 14.3 Å². The minimum atomic E-state index is -0.521. The molecule has 0 atom stereocenters. The second kappa shape index (κ2) is 11.2. The Morgan fingerprint density at radius 1 is 1.06 bits per heavy atom. The van der Waals surface area contributed by atoms with Crippen LogP contribution in [-0.4, -0.2) is 29.3 Å². The molecule has 33 heavy (non-hydrogen) atoms. The third kappa shape index (κ3) is 6.89. The zero-order valence-electron chi connectivity index (χ0n) is 19.1. The van der Waals surface area contributed by atoms with Crippen molar-refractivity contribution in [3.8, 4) is 17.6 Å². The van der Waals surface area contributed by atoms with Crippen LogP contribution in [0.2, 0.25) is 0 Å². The SMILES string of the molecule is Cc1ccc(OCCOc2ccc(/C=C(/C#N)C(=O)Nc3nnc(C(C)C)s3)cc2)cc1C. The first-order valence-corrected chi connectivity index (χ1v) is 11.4. The quantitative estimate of drug-likeness (QED) is 0.264. The van der Waals surface area contributed by atoms with Gasteiger partial charge in [-0.3, -0.25) is 10.1 Å². The first-order valence-electron chi connectivity index (χ1n) is 10.5. The molecule has 1 N–H and O–H groups in total. The lowest BCUT2D eigenvalue weighted by Crippen LogP contribution is -2.13. The van der Waals surface area contributed by atoms with Crippen molar-refractivity contribution in [2.24, 2.45) is 0 Å². The van der Waals surface area contributed by atoms with Crippen LogP contribution >= 0.6 is 11.3 Å². The standard InChI is InChI=1S/C25H26N4O3S/c1-16(2)24-28-29-25(33-24)27-23(30)20(15-26)14-19-6-9-21(10-7-19)31-11-12-32-22-8-5-17(3)18(4)13-22/h5-10,13-14,16H,11-12H2,1-4H3,(H,27,29,30)/b20-14-. The number of ether oxygens (including phenoxy) is 2. The Kier molecular flexibility index (Phi) is 8.17. The molecule has 1 amide bonds. The lowest BCUT2D eigenvalue weighted by Gasteiger charge is -2.10. The summed E-state index contributed by atoms with van der Waals surface area (Å²) in [5, 5.41) is 21.2. The molecule has 0 aliphatic rings. The predicted molar refractivity (Wildman–Crippen MR) is 130 cm³/mol. The second-order valence-electron chi connectivity index (χ2n) is 7.74. The third-order valence-corrected chi connectivity index (χ3v) is 5.95. The normalized spacial score (nSPS) is 11.2. The number of anilines is 1. The molecule has 3 aromatic rings. The molecule has 8 heteroatoms. The molecular formula is C25H26N4O3S. The molecule has 0 spiro atoms. The number of aryl methyl sites for hydroxylation is 2. The van der Waals surface area contributed by atoms with E-state index in [1.165, 1.54) is 28.5 Å². The van der Waals surface area contributed by atoms with Gasteiger partial charge in [-0.05, 0) is 60.9 Å². The number of carbonyl (C=O) groups excluding carboxylic acids is 1. The fraction of sp³-hybridized carbons (Fsp3) is 0.280. The number of nitriles is 1. The fourth-order valence-corrected chi connectivity index (χ4v) is 3.52. The number of carbonyl (C=O) groups is 1. The highest BCUT2D eigenvalue weighted by atomic mass is 32.1. The molecule has 0 bridgehead atoms. The van der Waals surface area contributed by atoms with Crippen LogP contribution in [0, 0.1) is 25.2 Å². The maximum atomic E-state index is 12.4. The van der Waals surface area contributed by atoms with Gasteiger partial charge in [-0.2, -0.15) is 5.26 Å². The number of hydrogen-bond donors (Lipinski definition) is 1. The Morgan fingerprint density at radius 3 is 2.33 bits per heavy atom. The van der Waals surface area contributed by atoms with E-state index >= 15 is 0 Å². The van der Waals surface area contributed by atoms with E-state index in [2.05, 4.69) is 29.4 Å². The van der Waals surface area contributed by atoms with Gasteiger partial charge in [0.15, 0.2) is 0 Å². The molecule has 0 saturated carbocycles. The number of rotatable bonds is 9. The lowest BCUT2D eigenvalue weighted by atomic mass is 10.1. The van der Waals surface area contributed by atoms with Crippen LogP contribution in [0.5, 0.6) is 11.5 Å². The minimum Gasteiger partial charge on any atom is -0.490 e. The van der Waals surface area contributed by atoms with E-state index in [1.54, 1.807) is 24.3 Å². The van der Waals surface area contributed by atoms with Gasteiger partial charge < -0.3 is 9.47 Å². The van der Waals surface area contributed by atoms with Crippen LogP contribution in [0.4, 0.5) is 5.13 Å². The summed E-state index contributed by atoms with van der Waals surface area (Å²) in [6, 6.07) is 15.1. The van der Waals surface area contributed by atoms with Crippen molar-refractivity contribution >= 4 is 28.5 Å². The topological polar surface area (TPSA) is 97.1 Å². The third-order valence-electron chi connectivity index (χ3n) is 4.81. The molecule has 2 aromatic carbocycles. The van der Waals surface area contributed by atoms with Gasteiger partial charge in [-0.25, -0.2) is 0 Å². The van der Waals surface area contributed by atoms with Crippen molar-refractivity contribution in [3.63, 3.8) is 0 Å². The van der Waals surface area contributed by atoms with Gasteiger partial charge in [-0.15, -0.1) is 10.2 Å². The number of nitrogens with zero attached hydrogens (tertiary/aromatic N) is 3. The predicted octanol–water partition coefficient (Wildman–Crippen LogP) is 5.28. The summed E-state index contributed by atoms with van der Waals surface area (Å²) in [4.78, 5) is 12.4. The summed E-state index contributed by atoms with van der Waals surface area (Å²) in [6.07, 6.45) is 1.52. The zero-order valence-corrected chi connectivity index (χ0v) is 19.9. The highest BCUT2D eigenvalue weighted by Crippen LogP contribution is 2.23. The smallest absolute Gasteiger partial charge is 0.268 e. The summed E-state index contributed by atoms with van der Waals surface area (Å²) in [5.41, 5.74) is 3.10. The van der Waals surface area contributed by atoms with E-state index < -0.39 is 5.91 Å². The molecule has 0 aliphatic heterocycles. The maximum absolute atomic E-state index is 12.4. The van der Waals surface area contributed by atoms with E-state index in [-0.39, 0.29) is 11.5 Å². The molecule has 1 heterocycles. The summed E-state index contributed by atoms with van der Waals surface area (Å²) >= 11 is 1.30. The second-order valence-corrected chi connectivity index (χ2v) is 8.75. The van der Waals surface area contributed by atoms with Crippen LogP contribution in [0.25, 0.3) is 6.08 Å². The largest absolute Gasteiger partial charge is 0.490 e. The van der Waals surface area contributed by atoms with E-state index in [0.29, 0.717) is 29.7 Å². The van der Waals surface area contributed by atoms with Gasteiger partial charge in [0.1, 0.15) is 41.4 Å².